The lowest BCUT2D eigenvalue weighted by Crippen LogP contribution is -1.95. The molecule has 0 atom stereocenters. The third kappa shape index (κ3) is 1.52. The first-order chi connectivity index (χ1) is 7.86. The van der Waals surface area contributed by atoms with Gasteiger partial charge in [0.1, 0.15) is 6.26 Å². The van der Waals surface area contributed by atoms with Gasteiger partial charge in [-0.25, -0.2) is 4.98 Å². The smallest absolute Gasteiger partial charge is 0.226 e. The number of rotatable bonds is 2. The number of ether oxygens (including phenoxy) is 1. The van der Waals surface area contributed by atoms with Crippen LogP contribution in [0.3, 0.4) is 0 Å². The molecule has 1 aliphatic rings. The van der Waals surface area contributed by atoms with Crippen LogP contribution < -0.4 is 5.73 Å². The summed E-state index contributed by atoms with van der Waals surface area (Å²) in [6, 6.07) is 6.12. The zero-order chi connectivity index (χ0) is 11.0. The minimum Gasteiger partial charge on any atom is -0.444 e. The predicted octanol–water partition coefficient (Wildman–Crippen LogP) is 1.83. The minimum absolute atomic E-state index is 0.400. The average Bonchev–Trinajstić information content (AvgIpc) is 2.96. The largest absolute Gasteiger partial charge is 0.444 e. The topological polar surface area (TPSA) is 61.3 Å². The van der Waals surface area contributed by atoms with Crippen molar-refractivity contribution in [1.82, 2.24) is 4.98 Å². The molecular weight excluding hydrogens is 204 g/mol. The first-order valence-electron chi connectivity index (χ1n) is 5.21. The molecule has 0 amide bonds. The molecule has 0 unspecified atom stereocenters. The van der Waals surface area contributed by atoms with Crippen LogP contribution in [0.5, 0.6) is 0 Å². The lowest BCUT2D eigenvalue weighted by molar-refractivity contribution is 0.134. The Morgan fingerprint density at radius 2 is 2.12 bits per heavy atom. The molecular formula is C12H12N2O2. The van der Waals surface area contributed by atoms with E-state index < -0.39 is 0 Å². The normalized spacial score (nSPS) is 14.1. The summed E-state index contributed by atoms with van der Waals surface area (Å²) in [5.41, 5.74) is 9.69. The number of aromatic nitrogens is 1. The van der Waals surface area contributed by atoms with E-state index in [0.29, 0.717) is 25.6 Å². The Balaban J connectivity index is 2.00. The van der Waals surface area contributed by atoms with E-state index in [1.165, 1.54) is 11.1 Å². The van der Waals surface area contributed by atoms with Crippen LogP contribution >= 0.6 is 0 Å². The molecule has 1 aromatic carbocycles. The molecule has 4 heteroatoms. The fraction of sp³-hybridized carbons (Fsp3) is 0.250. The van der Waals surface area contributed by atoms with Crippen LogP contribution in [0, 0.1) is 0 Å². The summed E-state index contributed by atoms with van der Waals surface area (Å²) in [7, 11) is 0. The quantitative estimate of drug-likeness (QED) is 0.831. The number of fused-ring (bicyclic) bond motifs is 1. The second kappa shape index (κ2) is 3.73. The highest BCUT2D eigenvalue weighted by Crippen LogP contribution is 2.26. The third-order valence-electron chi connectivity index (χ3n) is 2.73. The molecule has 2 heterocycles. The highest BCUT2D eigenvalue weighted by atomic mass is 16.5. The van der Waals surface area contributed by atoms with Crippen molar-refractivity contribution in [3.05, 3.63) is 41.3 Å². The van der Waals surface area contributed by atoms with E-state index in [-0.39, 0.29) is 0 Å². The van der Waals surface area contributed by atoms with Gasteiger partial charge in [-0.15, -0.1) is 0 Å². The molecule has 1 aliphatic heterocycles. The van der Waals surface area contributed by atoms with Gasteiger partial charge in [-0.3, -0.25) is 0 Å². The maximum absolute atomic E-state index is 5.49. The first-order valence-corrected chi connectivity index (χ1v) is 5.21. The van der Waals surface area contributed by atoms with Crippen molar-refractivity contribution in [2.24, 2.45) is 5.73 Å². The van der Waals surface area contributed by atoms with Gasteiger partial charge in [-0.05, 0) is 23.3 Å². The Morgan fingerprint density at radius 1 is 1.25 bits per heavy atom. The molecule has 0 spiro atoms. The van der Waals surface area contributed by atoms with Gasteiger partial charge < -0.3 is 14.9 Å². The van der Waals surface area contributed by atoms with Crippen LogP contribution in [-0.4, -0.2) is 4.98 Å². The summed E-state index contributed by atoms with van der Waals surface area (Å²) in [6.07, 6.45) is 1.60. The van der Waals surface area contributed by atoms with E-state index in [1.807, 2.05) is 6.07 Å². The van der Waals surface area contributed by atoms with E-state index in [2.05, 4.69) is 17.1 Å². The summed E-state index contributed by atoms with van der Waals surface area (Å²) in [5.74, 6) is 0.621. The van der Waals surface area contributed by atoms with Crippen LogP contribution in [-0.2, 0) is 24.5 Å². The average molecular weight is 216 g/mol. The van der Waals surface area contributed by atoms with Crippen molar-refractivity contribution in [3.8, 4) is 11.5 Å². The van der Waals surface area contributed by atoms with Crippen molar-refractivity contribution in [3.63, 3.8) is 0 Å². The van der Waals surface area contributed by atoms with Gasteiger partial charge in [-0.2, -0.15) is 0 Å². The number of nitrogens with zero attached hydrogens (tertiary/aromatic N) is 1. The molecule has 4 nitrogen and oxygen atoms in total. The van der Waals surface area contributed by atoms with Crippen molar-refractivity contribution < 1.29 is 9.15 Å². The summed E-state index contributed by atoms with van der Waals surface area (Å²) >= 11 is 0. The Hall–Kier alpha value is -1.65. The van der Waals surface area contributed by atoms with E-state index in [4.69, 9.17) is 14.9 Å². The number of nitrogens with two attached hydrogens (primary N) is 1. The molecule has 0 bridgehead atoms. The van der Waals surface area contributed by atoms with Gasteiger partial charge in [0.15, 0.2) is 0 Å². The molecule has 0 radical (unpaired) electrons. The lowest BCUT2D eigenvalue weighted by Gasteiger charge is -1.99. The highest BCUT2D eigenvalue weighted by molar-refractivity contribution is 5.56. The number of oxazole rings is 1. The SMILES string of the molecule is NCc1coc(-c2ccc3c(c2)COC3)n1. The molecule has 82 valence electrons. The Morgan fingerprint density at radius 3 is 2.94 bits per heavy atom. The molecule has 16 heavy (non-hydrogen) atoms. The number of hydrogen-bond donors (Lipinski definition) is 1. The fourth-order valence-corrected chi connectivity index (χ4v) is 1.84. The van der Waals surface area contributed by atoms with Crippen LogP contribution in [0.25, 0.3) is 11.5 Å². The maximum Gasteiger partial charge on any atom is 0.226 e. The van der Waals surface area contributed by atoms with Gasteiger partial charge in [0, 0.05) is 12.1 Å². The number of hydrogen-bond acceptors (Lipinski definition) is 4. The first kappa shape index (κ1) is 9.57. The fourth-order valence-electron chi connectivity index (χ4n) is 1.84. The summed E-state index contributed by atoms with van der Waals surface area (Å²) in [6.45, 7) is 1.78. The summed E-state index contributed by atoms with van der Waals surface area (Å²) in [5, 5.41) is 0. The van der Waals surface area contributed by atoms with Gasteiger partial charge in [0.05, 0.1) is 18.9 Å². The Bertz CT molecular complexity index is 519. The van der Waals surface area contributed by atoms with Gasteiger partial charge >= 0.3 is 0 Å². The van der Waals surface area contributed by atoms with Crippen LogP contribution in [0.4, 0.5) is 0 Å². The monoisotopic (exact) mass is 216 g/mol. The molecule has 1 aromatic heterocycles. The molecule has 2 N–H and O–H groups in total. The minimum atomic E-state index is 0.400. The van der Waals surface area contributed by atoms with Crippen molar-refractivity contribution in [2.75, 3.05) is 0 Å². The molecule has 0 saturated carbocycles. The second-order valence-electron chi connectivity index (χ2n) is 3.82. The van der Waals surface area contributed by atoms with Gasteiger partial charge in [0.2, 0.25) is 5.89 Å². The van der Waals surface area contributed by atoms with E-state index in [1.54, 1.807) is 6.26 Å². The molecule has 0 aliphatic carbocycles. The molecule has 3 rings (SSSR count). The van der Waals surface area contributed by atoms with Crippen LogP contribution in [0.15, 0.2) is 28.9 Å². The standard InChI is InChI=1S/C12H12N2O2/c13-4-11-7-16-12(14-11)8-1-2-9-5-15-6-10(9)3-8/h1-3,7H,4-6,13H2. The summed E-state index contributed by atoms with van der Waals surface area (Å²) < 4.78 is 10.7. The van der Waals surface area contributed by atoms with Crippen LogP contribution in [0.1, 0.15) is 16.8 Å². The zero-order valence-electron chi connectivity index (χ0n) is 8.77. The predicted molar refractivity (Wildman–Crippen MR) is 58.3 cm³/mol. The zero-order valence-corrected chi connectivity index (χ0v) is 8.77. The van der Waals surface area contributed by atoms with Gasteiger partial charge in [-0.1, -0.05) is 6.07 Å². The van der Waals surface area contributed by atoms with E-state index in [9.17, 15) is 0 Å². The lowest BCUT2D eigenvalue weighted by atomic mass is 10.1. The second-order valence-corrected chi connectivity index (χ2v) is 3.82. The van der Waals surface area contributed by atoms with Crippen molar-refractivity contribution in [1.29, 1.82) is 0 Å². The molecule has 0 saturated heterocycles. The van der Waals surface area contributed by atoms with Crippen molar-refractivity contribution in [2.45, 2.75) is 19.8 Å². The highest BCUT2D eigenvalue weighted by Gasteiger charge is 2.13. The van der Waals surface area contributed by atoms with Gasteiger partial charge in [0.25, 0.3) is 0 Å². The van der Waals surface area contributed by atoms with E-state index in [0.717, 1.165) is 11.3 Å². The maximum atomic E-state index is 5.49. The Kier molecular flexibility index (Phi) is 2.23. The molecule has 0 fully saturated rings. The Labute approximate surface area is 93.0 Å². The van der Waals surface area contributed by atoms with E-state index >= 15 is 0 Å². The van der Waals surface area contributed by atoms with Crippen molar-refractivity contribution >= 4 is 0 Å². The number of benzene rings is 1. The molecule has 2 aromatic rings. The third-order valence-corrected chi connectivity index (χ3v) is 2.73. The van der Waals surface area contributed by atoms with Crippen LogP contribution in [0.2, 0.25) is 0 Å². The summed E-state index contributed by atoms with van der Waals surface area (Å²) in [4.78, 5) is 4.29.